The normalized spacial score (nSPS) is 11.2. The van der Waals surface area contributed by atoms with Crippen molar-refractivity contribution in [1.82, 2.24) is 10.2 Å². The highest BCUT2D eigenvalue weighted by molar-refractivity contribution is 5.16. The maximum Gasteiger partial charge on any atom is 0.123 e. The topological polar surface area (TPSA) is 28.4 Å². The molecule has 1 N–H and O–H groups in total. The third-order valence-electron chi connectivity index (χ3n) is 3.26. The van der Waals surface area contributed by atoms with Crippen LogP contribution in [0.25, 0.3) is 0 Å². The van der Waals surface area contributed by atoms with Gasteiger partial charge in [-0.3, -0.25) is 4.90 Å². The minimum atomic E-state index is -0.198. The van der Waals surface area contributed by atoms with Crippen molar-refractivity contribution in [3.63, 3.8) is 0 Å². The zero-order chi connectivity index (χ0) is 15.1. The zero-order valence-electron chi connectivity index (χ0n) is 12.7. The van der Waals surface area contributed by atoms with E-state index in [2.05, 4.69) is 23.2 Å². The minimum Gasteiger partial charge on any atom is -0.468 e. The van der Waals surface area contributed by atoms with Gasteiger partial charge in [-0.15, -0.1) is 0 Å². The summed E-state index contributed by atoms with van der Waals surface area (Å²) in [4.78, 5) is 2.15. The molecule has 0 saturated carbocycles. The van der Waals surface area contributed by atoms with Gasteiger partial charge in [0.05, 0.1) is 12.8 Å². The van der Waals surface area contributed by atoms with Crippen molar-refractivity contribution in [3.05, 3.63) is 59.3 Å². The van der Waals surface area contributed by atoms with Crippen LogP contribution in [-0.4, -0.2) is 18.5 Å². The van der Waals surface area contributed by atoms with Gasteiger partial charge in [-0.05, 0) is 43.8 Å². The molecule has 0 spiro atoms. The predicted octanol–water partition coefficient (Wildman–Crippen LogP) is 3.55. The van der Waals surface area contributed by atoms with Crippen LogP contribution in [0.2, 0.25) is 0 Å². The monoisotopic (exact) mass is 290 g/mol. The van der Waals surface area contributed by atoms with E-state index in [9.17, 15) is 4.39 Å². The van der Waals surface area contributed by atoms with E-state index in [1.54, 1.807) is 0 Å². The zero-order valence-corrected chi connectivity index (χ0v) is 12.7. The predicted molar refractivity (Wildman–Crippen MR) is 82.3 cm³/mol. The number of hydrogen-bond donors (Lipinski definition) is 1. The fourth-order valence-electron chi connectivity index (χ4n) is 2.23. The maximum absolute atomic E-state index is 12.9. The van der Waals surface area contributed by atoms with Crippen molar-refractivity contribution in [2.24, 2.45) is 0 Å². The van der Waals surface area contributed by atoms with Crippen molar-refractivity contribution in [2.75, 3.05) is 13.6 Å². The highest BCUT2D eigenvalue weighted by Gasteiger charge is 2.06. The Kier molecular flexibility index (Phi) is 5.96. The number of furan rings is 1. The maximum atomic E-state index is 12.9. The van der Waals surface area contributed by atoms with Gasteiger partial charge < -0.3 is 9.73 Å². The molecule has 0 amide bonds. The molecule has 0 radical (unpaired) electrons. The van der Waals surface area contributed by atoms with E-state index >= 15 is 0 Å². The van der Waals surface area contributed by atoms with Crippen molar-refractivity contribution < 1.29 is 8.81 Å². The Labute approximate surface area is 125 Å². The van der Waals surface area contributed by atoms with E-state index in [1.165, 1.54) is 17.7 Å². The Morgan fingerprint density at radius 3 is 2.62 bits per heavy atom. The molecule has 0 atom stereocenters. The van der Waals surface area contributed by atoms with E-state index in [-0.39, 0.29) is 5.82 Å². The minimum absolute atomic E-state index is 0.198. The first-order chi connectivity index (χ1) is 10.2. The summed E-state index contributed by atoms with van der Waals surface area (Å²) in [7, 11) is 2.03. The number of nitrogens with zero attached hydrogens (tertiary/aromatic N) is 1. The molecule has 21 heavy (non-hydrogen) atoms. The summed E-state index contributed by atoms with van der Waals surface area (Å²) in [6, 6.07) is 8.70. The van der Waals surface area contributed by atoms with Crippen LogP contribution in [-0.2, 0) is 19.6 Å². The van der Waals surface area contributed by atoms with Crippen LogP contribution in [0, 0.1) is 5.82 Å². The molecule has 0 aliphatic heterocycles. The van der Waals surface area contributed by atoms with E-state index in [0.29, 0.717) is 0 Å². The van der Waals surface area contributed by atoms with E-state index in [0.717, 1.165) is 43.9 Å². The Bertz CT molecular complexity index is 536. The molecular formula is C17H23FN2O. The Balaban J connectivity index is 1.82. The summed E-state index contributed by atoms with van der Waals surface area (Å²) in [6.45, 7) is 5.53. The first kappa shape index (κ1) is 15.7. The standard InChI is InChI=1S/C17H23FN2O/c1-3-8-19-10-15-9-17(21-13-15)12-20(2)11-14-4-6-16(18)7-5-14/h4-7,9,13,19H,3,8,10-12H2,1-2H3. The molecule has 0 saturated heterocycles. The molecule has 0 bridgehead atoms. The molecule has 1 aromatic carbocycles. The van der Waals surface area contributed by atoms with Crippen LogP contribution in [0.15, 0.2) is 41.0 Å². The third-order valence-corrected chi connectivity index (χ3v) is 3.26. The quantitative estimate of drug-likeness (QED) is 0.754. The summed E-state index contributed by atoms with van der Waals surface area (Å²) in [5.41, 5.74) is 2.27. The van der Waals surface area contributed by atoms with Gasteiger partial charge in [0.1, 0.15) is 11.6 Å². The molecule has 0 unspecified atom stereocenters. The van der Waals surface area contributed by atoms with Crippen LogP contribution < -0.4 is 5.32 Å². The Hall–Kier alpha value is -1.65. The van der Waals surface area contributed by atoms with Gasteiger partial charge in [0.15, 0.2) is 0 Å². The fraction of sp³-hybridized carbons (Fsp3) is 0.412. The van der Waals surface area contributed by atoms with Crippen LogP contribution in [0.4, 0.5) is 4.39 Å². The lowest BCUT2D eigenvalue weighted by atomic mass is 10.2. The van der Waals surface area contributed by atoms with Crippen LogP contribution in [0.1, 0.15) is 30.2 Å². The summed E-state index contributed by atoms with van der Waals surface area (Å²) in [5, 5.41) is 3.35. The lowest BCUT2D eigenvalue weighted by molar-refractivity contribution is 0.287. The first-order valence-corrected chi connectivity index (χ1v) is 7.37. The van der Waals surface area contributed by atoms with Crippen molar-refractivity contribution >= 4 is 0 Å². The first-order valence-electron chi connectivity index (χ1n) is 7.37. The van der Waals surface area contributed by atoms with Gasteiger partial charge in [-0.25, -0.2) is 4.39 Å². The molecule has 114 valence electrons. The smallest absolute Gasteiger partial charge is 0.123 e. The molecule has 0 aliphatic carbocycles. The fourth-order valence-corrected chi connectivity index (χ4v) is 2.23. The summed E-state index contributed by atoms with van der Waals surface area (Å²) >= 11 is 0. The summed E-state index contributed by atoms with van der Waals surface area (Å²) < 4.78 is 18.4. The van der Waals surface area contributed by atoms with Crippen LogP contribution >= 0.6 is 0 Å². The molecular weight excluding hydrogens is 267 g/mol. The SMILES string of the molecule is CCCNCc1coc(CN(C)Cc2ccc(F)cc2)c1. The number of benzene rings is 1. The second kappa shape index (κ2) is 7.96. The van der Waals surface area contributed by atoms with Crippen LogP contribution in [0.3, 0.4) is 0 Å². The number of hydrogen-bond acceptors (Lipinski definition) is 3. The number of rotatable bonds is 8. The summed E-state index contributed by atoms with van der Waals surface area (Å²) in [6.07, 6.45) is 2.94. The molecule has 3 nitrogen and oxygen atoms in total. The average Bonchev–Trinajstić information content (AvgIpc) is 2.89. The van der Waals surface area contributed by atoms with Gasteiger partial charge in [0, 0.05) is 18.7 Å². The lowest BCUT2D eigenvalue weighted by Gasteiger charge is -2.14. The summed E-state index contributed by atoms with van der Waals surface area (Å²) in [5.74, 6) is 0.754. The van der Waals surface area contributed by atoms with E-state index < -0.39 is 0 Å². The Morgan fingerprint density at radius 1 is 1.14 bits per heavy atom. The van der Waals surface area contributed by atoms with Gasteiger partial charge >= 0.3 is 0 Å². The lowest BCUT2D eigenvalue weighted by Crippen LogP contribution is -2.17. The van der Waals surface area contributed by atoms with E-state index in [1.807, 2.05) is 25.4 Å². The molecule has 4 heteroatoms. The molecule has 2 aromatic rings. The van der Waals surface area contributed by atoms with Crippen molar-refractivity contribution in [1.29, 1.82) is 0 Å². The molecule has 1 heterocycles. The van der Waals surface area contributed by atoms with Crippen molar-refractivity contribution in [2.45, 2.75) is 33.0 Å². The molecule has 0 aliphatic rings. The van der Waals surface area contributed by atoms with Gasteiger partial charge in [-0.1, -0.05) is 19.1 Å². The highest BCUT2D eigenvalue weighted by Crippen LogP contribution is 2.12. The second-order valence-corrected chi connectivity index (χ2v) is 5.40. The average molecular weight is 290 g/mol. The van der Waals surface area contributed by atoms with Gasteiger partial charge in [0.25, 0.3) is 0 Å². The van der Waals surface area contributed by atoms with Gasteiger partial charge in [-0.2, -0.15) is 0 Å². The number of nitrogens with one attached hydrogen (secondary N) is 1. The molecule has 0 fully saturated rings. The van der Waals surface area contributed by atoms with Gasteiger partial charge in [0.2, 0.25) is 0 Å². The molecule has 1 aromatic heterocycles. The van der Waals surface area contributed by atoms with E-state index in [4.69, 9.17) is 4.42 Å². The third kappa shape index (κ3) is 5.33. The van der Waals surface area contributed by atoms with Crippen molar-refractivity contribution in [3.8, 4) is 0 Å². The highest BCUT2D eigenvalue weighted by atomic mass is 19.1. The van der Waals surface area contributed by atoms with Crippen LogP contribution in [0.5, 0.6) is 0 Å². The number of halogens is 1. The Morgan fingerprint density at radius 2 is 1.90 bits per heavy atom. The molecule has 2 rings (SSSR count). The second-order valence-electron chi connectivity index (χ2n) is 5.40. The largest absolute Gasteiger partial charge is 0.468 e.